The van der Waals surface area contributed by atoms with Crippen molar-refractivity contribution in [3.63, 3.8) is 0 Å². The average molecular weight is 410 g/mol. The van der Waals surface area contributed by atoms with Gasteiger partial charge in [-0.3, -0.25) is 0 Å². The first-order valence-electron chi connectivity index (χ1n) is 7.78. The summed E-state index contributed by atoms with van der Waals surface area (Å²) in [6, 6.07) is 13.0. The Labute approximate surface area is 166 Å². The van der Waals surface area contributed by atoms with E-state index >= 15 is 0 Å². The summed E-state index contributed by atoms with van der Waals surface area (Å²) in [4.78, 5) is 0. The lowest BCUT2D eigenvalue weighted by atomic mass is 10.2. The van der Waals surface area contributed by atoms with Gasteiger partial charge in [0.05, 0.1) is 12.1 Å². The molecule has 0 aliphatic carbocycles. The molecule has 0 saturated carbocycles. The van der Waals surface area contributed by atoms with Gasteiger partial charge in [-0.2, -0.15) is 0 Å². The number of methoxy groups -OCH3 is 1. The summed E-state index contributed by atoms with van der Waals surface area (Å²) >= 11 is 13.7. The van der Waals surface area contributed by atoms with Gasteiger partial charge in [0.1, 0.15) is 18.1 Å². The highest BCUT2D eigenvalue weighted by atomic mass is 35.5. The van der Waals surface area contributed by atoms with Gasteiger partial charge in [0.25, 0.3) is 0 Å². The van der Waals surface area contributed by atoms with E-state index in [1.54, 1.807) is 37.1 Å². The maximum Gasteiger partial charge on any atom is 0.191 e. The third-order valence-corrected chi connectivity index (χ3v) is 5.32. The molecule has 5 nitrogen and oxygen atoms in total. The second-order valence-electron chi connectivity index (χ2n) is 5.46. The summed E-state index contributed by atoms with van der Waals surface area (Å²) in [5.41, 5.74) is 1.15. The molecular weight excluding hydrogens is 393 g/mol. The van der Waals surface area contributed by atoms with E-state index in [4.69, 9.17) is 32.7 Å². The Morgan fingerprint density at radius 2 is 1.96 bits per heavy atom. The molecule has 136 valence electrons. The van der Waals surface area contributed by atoms with Crippen LogP contribution in [0.4, 0.5) is 0 Å². The summed E-state index contributed by atoms with van der Waals surface area (Å²) < 4.78 is 12.9. The molecule has 8 heteroatoms. The molecule has 0 bridgehead atoms. The monoisotopic (exact) mass is 409 g/mol. The first kappa shape index (κ1) is 18.9. The molecule has 0 amide bonds. The first-order valence-corrected chi connectivity index (χ1v) is 9.53. The Hall–Kier alpha value is -1.89. The molecule has 0 atom stereocenters. The van der Waals surface area contributed by atoms with Crippen molar-refractivity contribution in [1.82, 2.24) is 14.8 Å². The van der Waals surface area contributed by atoms with Crippen LogP contribution in [-0.2, 0) is 19.4 Å². The van der Waals surface area contributed by atoms with Crippen LogP contribution in [0.15, 0.2) is 47.6 Å². The van der Waals surface area contributed by atoms with Crippen LogP contribution in [0.1, 0.15) is 11.4 Å². The largest absolute Gasteiger partial charge is 0.497 e. The fourth-order valence-electron chi connectivity index (χ4n) is 2.24. The minimum Gasteiger partial charge on any atom is -0.497 e. The number of aromatic nitrogens is 3. The zero-order valence-electron chi connectivity index (χ0n) is 14.3. The fraction of sp³-hybridized carbons (Fsp3) is 0.222. The molecular formula is C18H17Cl2N3O2S. The molecule has 26 heavy (non-hydrogen) atoms. The second-order valence-corrected chi connectivity index (χ2v) is 7.25. The molecule has 0 unspecified atom stereocenters. The van der Waals surface area contributed by atoms with Gasteiger partial charge >= 0.3 is 0 Å². The maximum atomic E-state index is 6.11. The highest BCUT2D eigenvalue weighted by Crippen LogP contribution is 2.29. The van der Waals surface area contributed by atoms with Crippen molar-refractivity contribution in [3.05, 3.63) is 63.9 Å². The zero-order chi connectivity index (χ0) is 18.5. The lowest BCUT2D eigenvalue weighted by molar-refractivity contribution is 0.290. The van der Waals surface area contributed by atoms with E-state index in [0.29, 0.717) is 21.6 Å². The quantitative estimate of drug-likeness (QED) is 0.513. The van der Waals surface area contributed by atoms with Crippen molar-refractivity contribution >= 4 is 35.0 Å². The molecule has 0 spiro atoms. The first-order chi connectivity index (χ1) is 12.6. The van der Waals surface area contributed by atoms with E-state index in [1.165, 1.54) is 0 Å². The number of nitrogens with zero attached hydrogens (tertiary/aromatic N) is 3. The van der Waals surface area contributed by atoms with Gasteiger partial charge in [0.15, 0.2) is 11.0 Å². The fourth-order valence-corrected chi connectivity index (χ4v) is 3.44. The van der Waals surface area contributed by atoms with Crippen LogP contribution in [0.5, 0.6) is 11.5 Å². The number of halogens is 2. The summed E-state index contributed by atoms with van der Waals surface area (Å²) in [6.45, 7) is 0.253. The molecule has 0 aliphatic rings. The van der Waals surface area contributed by atoms with Crippen molar-refractivity contribution < 1.29 is 9.47 Å². The number of hydrogen-bond acceptors (Lipinski definition) is 5. The molecule has 0 fully saturated rings. The molecule has 3 rings (SSSR count). The number of benzene rings is 2. The number of hydrogen-bond donors (Lipinski definition) is 0. The zero-order valence-corrected chi connectivity index (χ0v) is 16.6. The predicted octanol–water partition coefficient (Wildman–Crippen LogP) is 5.00. The van der Waals surface area contributed by atoms with Crippen molar-refractivity contribution in [2.45, 2.75) is 17.5 Å². The third-order valence-electron chi connectivity index (χ3n) is 3.68. The second kappa shape index (κ2) is 8.66. The molecule has 0 radical (unpaired) electrons. The van der Waals surface area contributed by atoms with Crippen molar-refractivity contribution in [2.75, 3.05) is 7.11 Å². The summed E-state index contributed by atoms with van der Waals surface area (Å²) in [7, 11) is 3.57. The minimum atomic E-state index is 0.253. The van der Waals surface area contributed by atoms with E-state index in [9.17, 15) is 0 Å². The standard InChI is InChI=1S/C18H17Cl2N3O2S/c1-23-17(10-25-16-9-13(19)6-7-15(16)20)21-22-18(23)26-11-12-4-3-5-14(8-12)24-2/h3-9H,10-11H2,1-2H3. The van der Waals surface area contributed by atoms with Gasteiger partial charge < -0.3 is 14.0 Å². The van der Waals surface area contributed by atoms with Crippen molar-refractivity contribution in [2.24, 2.45) is 7.05 Å². The molecule has 2 aromatic carbocycles. The third kappa shape index (κ3) is 4.63. The smallest absolute Gasteiger partial charge is 0.191 e. The van der Waals surface area contributed by atoms with Crippen LogP contribution in [-0.4, -0.2) is 21.9 Å². The van der Waals surface area contributed by atoms with Gasteiger partial charge in [0, 0.05) is 23.9 Å². The molecule has 0 aliphatic heterocycles. The summed E-state index contributed by atoms with van der Waals surface area (Å²) in [5.74, 6) is 2.83. The Morgan fingerprint density at radius 3 is 2.77 bits per heavy atom. The summed E-state index contributed by atoms with van der Waals surface area (Å²) in [6.07, 6.45) is 0. The van der Waals surface area contributed by atoms with E-state index in [2.05, 4.69) is 16.3 Å². The number of thioether (sulfide) groups is 1. The van der Waals surface area contributed by atoms with Crippen LogP contribution >= 0.6 is 35.0 Å². The van der Waals surface area contributed by atoms with Crippen LogP contribution in [0.25, 0.3) is 0 Å². The van der Waals surface area contributed by atoms with E-state index in [0.717, 1.165) is 22.2 Å². The van der Waals surface area contributed by atoms with Crippen LogP contribution in [0.3, 0.4) is 0 Å². The van der Waals surface area contributed by atoms with Gasteiger partial charge in [0.2, 0.25) is 0 Å². The molecule has 3 aromatic rings. The lowest BCUT2D eigenvalue weighted by Gasteiger charge is -2.08. The van der Waals surface area contributed by atoms with Crippen molar-refractivity contribution in [3.8, 4) is 11.5 Å². The molecule has 0 N–H and O–H groups in total. The molecule has 0 saturated heterocycles. The number of ether oxygens (including phenoxy) is 2. The van der Waals surface area contributed by atoms with Gasteiger partial charge in [-0.1, -0.05) is 47.1 Å². The Bertz CT molecular complexity index is 902. The topological polar surface area (TPSA) is 49.2 Å². The summed E-state index contributed by atoms with van der Waals surface area (Å²) in [5, 5.41) is 10.3. The van der Waals surface area contributed by atoms with Crippen LogP contribution in [0.2, 0.25) is 10.0 Å². The normalized spacial score (nSPS) is 10.8. The SMILES string of the molecule is COc1cccc(CSc2nnc(COc3cc(Cl)ccc3Cl)n2C)c1. The predicted molar refractivity (Wildman–Crippen MR) is 104 cm³/mol. The Balaban J connectivity index is 1.63. The molecule has 1 aromatic heterocycles. The van der Waals surface area contributed by atoms with Gasteiger partial charge in [-0.25, -0.2) is 0 Å². The van der Waals surface area contributed by atoms with Crippen LogP contribution < -0.4 is 9.47 Å². The van der Waals surface area contributed by atoms with Gasteiger partial charge in [-0.05, 0) is 29.8 Å². The minimum absolute atomic E-state index is 0.253. The lowest BCUT2D eigenvalue weighted by Crippen LogP contribution is -2.04. The highest BCUT2D eigenvalue weighted by molar-refractivity contribution is 7.98. The average Bonchev–Trinajstić information content (AvgIpc) is 3.00. The number of rotatable bonds is 7. The highest BCUT2D eigenvalue weighted by Gasteiger charge is 2.11. The van der Waals surface area contributed by atoms with E-state index in [1.807, 2.05) is 29.8 Å². The Kier molecular flexibility index (Phi) is 6.29. The van der Waals surface area contributed by atoms with Crippen molar-refractivity contribution in [1.29, 1.82) is 0 Å². The van der Waals surface area contributed by atoms with E-state index < -0.39 is 0 Å². The molecule has 1 heterocycles. The van der Waals surface area contributed by atoms with E-state index in [-0.39, 0.29) is 6.61 Å². The maximum absolute atomic E-state index is 6.11. The van der Waals surface area contributed by atoms with Crippen LogP contribution in [0, 0.1) is 0 Å². The van der Waals surface area contributed by atoms with Gasteiger partial charge in [-0.15, -0.1) is 10.2 Å². The Morgan fingerprint density at radius 1 is 1.12 bits per heavy atom.